The standard InChI is InChI=1S/C14H20F2N2.CH4.3H2/c1-17-7-5-13(6-8-17)18(2)10-11-9-12(15)3-4-14(11)16;;;;/h3-4,9,13H,5-8,10H2,1-2H3;1H4;3*1H/i;;2*1+1D;1+1. The summed E-state index contributed by atoms with van der Waals surface area (Å²) in [6.45, 7) is 2.61. The lowest BCUT2D eigenvalue weighted by Gasteiger charge is -2.35. The highest BCUT2D eigenvalue weighted by Crippen LogP contribution is 2.18. The van der Waals surface area contributed by atoms with Crippen LogP contribution in [0.3, 0.4) is 0 Å². The summed E-state index contributed by atoms with van der Waals surface area (Å²) in [7, 11) is 4.10. The molecular formula is C15H30F2N2. The maximum absolute atomic E-state index is 13.6. The number of rotatable bonds is 3. The number of hydrogen-bond acceptors (Lipinski definition) is 2. The van der Waals surface area contributed by atoms with E-state index in [0.717, 1.165) is 32.0 Å². The molecule has 1 heterocycles. The van der Waals surface area contributed by atoms with Crippen LogP contribution in [0, 0.1) is 11.6 Å². The minimum atomic E-state index is -0.372. The van der Waals surface area contributed by atoms with Gasteiger partial charge in [-0.2, -0.15) is 0 Å². The second kappa shape index (κ2) is 6.96. The fourth-order valence-corrected chi connectivity index (χ4v) is 2.50. The van der Waals surface area contributed by atoms with Crippen molar-refractivity contribution >= 4 is 0 Å². The van der Waals surface area contributed by atoms with E-state index in [4.69, 9.17) is 5.94 Å². The molecule has 0 spiro atoms. The SMILES string of the molecule is C.CN1CCC(N(C)Cc2cc(F)ccc2F)CC1.[2HH].[2H][2H].[2H][2H]. The summed E-state index contributed by atoms with van der Waals surface area (Å²) in [6, 6.07) is 4.12. The van der Waals surface area contributed by atoms with Crippen molar-refractivity contribution in [2.75, 3.05) is 27.2 Å². The van der Waals surface area contributed by atoms with Crippen LogP contribution in [0.4, 0.5) is 8.78 Å². The van der Waals surface area contributed by atoms with Crippen molar-refractivity contribution in [2.45, 2.75) is 32.9 Å². The topological polar surface area (TPSA) is 6.48 Å². The van der Waals surface area contributed by atoms with Crippen LogP contribution in [0.2, 0.25) is 0 Å². The van der Waals surface area contributed by atoms with Gasteiger partial charge in [0.1, 0.15) is 11.6 Å². The number of likely N-dealkylation sites (tertiary alicyclic amines) is 1. The van der Waals surface area contributed by atoms with Crippen molar-refractivity contribution in [3.05, 3.63) is 35.4 Å². The molecule has 1 aromatic carbocycles. The van der Waals surface area contributed by atoms with Gasteiger partial charge >= 0.3 is 0 Å². The molecule has 1 fully saturated rings. The predicted octanol–water partition coefficient (Wildman–Crippen LogP) is 3.86. The van der Waals surface area contributed by atoms with Gasteiger partial charge in [0, 0.05) is 25.5 Å². The van der Waals surface area contributed by atoms with Crippen molar-refractivity contribution in [3.8, 4) is 0 Å². The Morgan fingerprint density at radius 2 is 2.00 bits per heavy atom. The van der Waals surface area contributed by atoms with Crippen LogP contribution in [-0.4, -0.2) is 43.0 Å². The molecule has 0 unspecified atom stereocenters. The molecule has 19 heavy (non-hydrogen) atoms. The zero-order valence-corrected chi connectivity index (χ0v) is 11.0. The van der Waals surface area contributed by atoms with Crippen molar-refractivity contribution in [2.24, 2.45) is 0 Å². The summed E-state index contributed by atoms with van der Waals surface area (Å²) in [5.41, 5.74) is 0.441. The van der Waals surface area contributed by atoms with Gasteiger partial charge in [-0.25, -0.2) is 8.78 Å². The molecule has 0 N–H and O–H groups in total. The van der Waals surface area contributed by atoms with Crippen LogP contribution in [0.1, 0.15) is 33.2 Å². The number of piperidine rings is 1. The molecule has 2 rings (SSSR count). The van der Waals surface area contributed by atoms with Crippen LogP contribution >= 0.6 is 0 Å². The third kappa shape index (κ3) is 4.25. The summed E-state index contributed by atoms with van der Waals surface area (Å²) < 4.78 is 46.7. The molecule has 0 saturated carbocycles. The Morgan fingerprint density at radius 1 is 1.37 bits per heavy atom. The second-order valence-electron chi connectivity index (χ2n) is 5.19. The monoisotopic (exact) mass is 281 g/mol. The van der Waals surface area contributed by atoms with Gasteiger partial charge in [0.05, 0.1) is 0 Å². The first kappa shape index (κ1) is 13.0. The van der Waals surface area contributed by atoms with Gasteiger partial charge in [0.15, 0.2) is 0 Å². The Morgan fingerprint density at radius 3 is 2.63 bits per heavy atom. The first-order chi connectivity index (χ1) is 10.6. The van der Waals surface area contributed by atoms with Gasteiger partial charge < -0.3 is 4.90 Å². The highest BCUT2D eigenvalue weighted by atomic mass is 19.1. The summed E-state index contributed by atoms with van der Waals surface area (Å²) in [5, 5.41) is 0. The molecule has 1 aliphatic rings. The predicted molar refractivity (Wildman–Crippen MR) is 81.4 cm³/mol. The lowest BCUT2D eigenvalue weighted by atomic mass is 10.0. The summed E-state index contributed by atoms with van der Waals surface area (Å²) in [6.07, 6.45) is 2.17. The van der Waals surface area contributed by atoms with Crippen molar-refractivity contribution in [1.82, 2.24) is 9.80 Å². The Kier molecular flexibility index (Phi) is 4.77. The van der Waals surface area contributed by atoms with E-state index < -0.39 is 0 Å². The molecule has 0 atom stereocenters. The van der Waals surface area contributed by atoms with Crippen LogP contribution in [-0.2, 0) is 6.54 Å². The molecule has 1 aliphatic heterocycles. The Balaban J connectivity index is -0.000000684. The minimum Gasteiger partial charge on any atom is -0.306 e. The van der Waals surface area contributed by atoms with Crippen LogP contribution in [0.5, 0.6) is 0 Å². The highest BCUT2D eigenvalue weighted by molar-refractivity contribution is 5.18. The van der Waals surface area contributed by atoms with Gasteiger partial charge in [-0.15, -0.1) is 0 Å². The van der Waals surface area contributed by atoms with Crippen LogP contribution < -0.4 is 0 Å². The average Bonchev–Trinajstić information content (AvgIpc) is 2.55. The average molecular weight is 281 g/mol. The van der Waals surface area contributed by atoms with E-state index in [1.165, 1.54) is 12.1 Å². The highest BCUT2D eigenvalue weighted by Gasteiger charge is 2.21. The Hall–Kier alpha value is -1.00. The van der Waals surface area contributed by atoms with Gasteiger partial charge in [-0.05, 0) is 58.2 Å². The fourth-order valence-electron chi connectivity index (χ4n) is 2.50. The van der Waals surface area contributed by atoms with E-state index in [1.54, 1.807) is 0 Å². The molecular weight excluding hydrogens is 246 g/mol. The summed E-state index contributed by atoms with van der Waals surface area (Å²) in [4.78, 5) is 4.43. The Bertz CT molecular complexity index is 419. The molecule has 0 aromatic heterocycles. The van der Waals surface area contributed by atoms with Crippen LogP contribution in [0.15, 0.2) is 18.2 Å². The van der Waals surface area contributed by atoms with E-state index in [1.807, 2.05) is 7.05 Å². The van der Waals surface area contributed by atoms with E-state index in [2.05, 4.69) is 16.8 Å². The van der Waals surface area contributed by atoms with E-state index >= 15 is 0 Å². The molecule has 1 aromatic rings. The van der Waals surface area contributed by atoms with Gasteiger partial charge in [0.25, 0.3) is 0 Å². The number of nitrogens with zero attached hydrogens (tertiary/aromatic N) is 2. The van der Waals surface area contributed by atoms with Crippen molar-refractivity contribution < 1.29 is 16.1 Å². The maximum Gasteiger partial charge on any atom is 0.127 e. The zero-order chi connectivity index (χ0) is 17.1. The maximum atomic E-state index is 13.6. The first-order valence-corrected chi connectivity index (χ1v) is 6.39. The fraction of sp³-hybridized carbons (Fsp3) is 0.600. The second-order valence-corrected chi connectivity index (χ2v) is 5.19. The number of benzene rings is 1. The summed E-state index contributed by atoms with van der Waals surface area (Å²) in [5.74, 6) is -0.695. The molecule has 0 bridgehead atoms. The van der Waals surface area contributed by atoms with Gasteiger partial charge in [-0.1, -0.05) is 7.43 Å². The summed E-state index contributed by atoms with van der Waals surface area (Å²) >= 11 is 0. The molecule has 114 valence electrons. The van der Waals surface area contributed by atoms with E-state index in [0.29, 0.717) is 18.2 Å². The van der Waals surface area contributed by atoms with Crippen LogP contribution in [0.25, 0.3) is 0 Å². The number of hydrogen-bond donors (Lipinski definition) is 0. The molecule has 4 heteroatoms. The lowest BCUT2D eigenvalue weighted by Crippen LogP contribution is -2.41. The van der Waals surface area contributed by atoms with E-state index in [9.17, 15) is 8.78 Å². The smallest absolute Gasteiger partial charge is 0.127 e. The minimum absolute atomic E-state index is 0. The Labute approximate surface area is 122 Å². The molecule has 0 amide bonds. The van der Waals surface area contributed by atoms with Gasteiger partial charge in [-0.3, -0.25) is 4.90 Å². The molecule has 0 radical (unpaired) electrons. The largest absolute Gasteiger partial charge is 0.306 e. The molecule has 1 saturated heterocycles. The zero-order valence-electron chi connectivity index (χ0n) is 15.0. The number of halogens is 2. The van der Waals surface area contributed by atoms with Gasteiger partial charge in [0.2, 0.25) is 0 Å². The van der Waals surface area contributed by atoms with Crippen molar-refractivity contribution in [3.63, 3.8) is 0 Å². The normalized spacial score (nSPS) is 18.4. The third-order valence-electron chi connectivity index (χ3n) is 3.74. The third-order valence-corrected chi connectivity index (χ3v) is 3.74. The lowest BCUT2D eigenvalue weighted by molar-refractivity contribution is 0.138. The quantitative estimate of drug-likeness (QED) is 0.830. The first-order valence-electron chi connectivity index (χ1n) is 8.39. The van der Waals surface area contributed by atoms with E-state index in [-0.39, 0.29) is 20.5 Å². The van der Waals surface area contributed by atoms with Crippen molar-refractivity contribution in [1.29, 1.82) is 0 Å². The molecule has 0 aliphatic carbocycles. The molecule has 2 nitrogen and oxygen atoms in total.